The van der Waals surface area contributed by atoms with Gasteiger partial charge in [-0.1, -0.05) is 13.8 Å². The third-order valence-corrected chi connectivity index (χ3v) is 4.53. The molecule has 0 aliphatic heterocycles. The number of carbonyl (C=O) groups is 1. The molecule has 0 amide bonds. The highest BCUT2D eigenvalue weighted by Gasteiger charge is 2.66. The Morgan fingerprint density at radius 3 is 1.80 bits per heavy atom. The lowest BCUT2D eigenvalue weighted by Gasteiger charge is -2.12. The van der Waals surface area contributed by atoms with Crippen molar-refractivity contribution >= 4 is 5.97 Å². The minimum Gasteiger partial charge on any atom is -0.460 e. The fourth-order valence-electron chi connectivity index (χ4n) is 2.95. The first kappa shape index (κ1) is 19.6. The largest absolute Gasteiger partial charge is 0.460 e. The van der Waals surface area contributed by atoms with Crippen LogP contribution in [0.25, 0.3) is 0 Å². The van der Waals surface area contributed by atoms with Crippen LogP contribution < -0.4 is 0 Å². The number of halogens is 6. The molecule has 9 heteroatoms. The van der Waals surface area contributed by atoms with Gasteiger partial charge >= 0.3 is 5.97 Å². The van der Waals surface area contributed by atoms with E-state index in [1.165, 1.54) is 13.8 Å². The van der Waals surface area contributed by atoms with E-state index < -0.39 is 77.3 Å². The zero-order valence-corrected chi connectivity index (χ0v) is 13.6. The lowest BCUT2D eigenvalue weighted by atomic mass is 10.1. The Hall–Kier alpha value is -1.77. The average Bonchev–Trinajstić information content (AvgIpc) is 3.12. The monoisotopic (exact) mass is 370 g/mol. The molecule has 2 atom stereocenters. The van der Waals surface area contributed by atoms with Gasteiger partial charge in [0.05, 0.1) is 23.7 Å². The van der Waals surface area contributed by atoms with Crippen molar-refractivity contribution in [1.82, 2.24) is 0 Å². The molecule has 25 heavy (non-hydrogen) atoms. The van der Waals surface area contributed by atoms with Crippen molar-refractivity contribution in [2.75, 3.05) is 7.11 Å². The van der Waals surface area contributed by atoms with Crippen LogP contribution in [0.15, 0.2) is 0 Å². The van der Waals surface area contributed by atoms with Crippen LogP contribution in [0.5, 0.6) is 0 Å². The summed E-state index contributed by atoms with van der Waals surface area (Å²) < 4.78 is 90.0. The van der Waals surface area contributed by atoms with Crippen LogP contribution in [-0.4, -0.2) is 19.5 Å². The van der Waals surface area contributed by atoms with Gasteiger partial charge in [0.15, 0.2) is 23.3 Å². The van der Waals surface area contributed by atoms with Crippen molar-refractivity contribution in [2.45, 2.75) is 33.5 Å². The molecule has 0 saturated heterocycles. The van der Waals surface area contributed by atoms with E-state index in [-0.39, 0.29) is 0 Å². The number of methoxy groups -OCH3 is 1. The van der Waals surface area contributed by atoms with Crippen molar-refractivity contribution in [2.24, 2.45) is 17.3 Å². The Labute approximate surface area is 139 Å². The number of rotatable bonds is 6. The average molecular weight is 370 g/mol. The van der Waals surface area contributed by atoms with Crippen LogP contribution in [0.1, 0.15) is 25.0 Å². The summed E-state index contributed by atoms with van der Waals surface area (Å²) in [6, 6.07) is 0. The maximum atomic E-state index is 13.9. The van der Waals surface area contributed by atoms with Gasteiger partial charge in [0.1, 0.15) is 6.61 Å². The maximum absolute atomic E-state index is 13.9. The second kappa shape index (κ2) is 6.86. The zero-order valence-electron chi connectivity index (χ0n) is 13.6. The highest BCUT2D eigenvalue weighted by Crippen LogP contribution is 2.61. The number of hydrogen-bond donors (Lipinski definition) is 0. The highest BCUT2D eigenvalue weighted by atomic mass is 19.3. The number of hydrogen-bond acceptors (Lipinski definition) is 3. The molecular formula is C16H16F6O3. The minimum absolute atomic E-state index is 0.697. The number of ether oxygens (including phenoxy) is 2. The summed E-state index contributed by atoms with van der Waals surface area (Å²) in [6.07, 6.45) is -2.76. The standard InChI is InChI=1S/C16H16F6O3/c1-16(2)8(14(21)22)9(16)15(23)25-5-7-12(19)10(17)6(4-24-3)11(18)13(7)20/h8-9,14H,4-5H2,1-3H3. The smallest absolute Gasteiger partial charge is 0.310 e. The van der Waals surface area contributed by atoms with Gasteiger partial charge in [-0.25, -0.2) is 26.3 Å². The van der Waals surface area contributed by atoms with Crippen LogP contribution in [0.4, 0.5) is 26.3 Å². The molecule has 0 aromatic heterocycles. The van der Waals surface area contributed by atoms with Crippen molar-refractivity contribution in [3.05, 3.63) is 34.4 Å². The fraction of sp³-hybridized carbons (Fsp3) is 0.562. The van der Waals surface area contributed by atoms with Crippen LogP contribution >= 0.6 is 0 Å². The summed E-state index contributed by atoms with van der Waals surface area (Å²) in [7, 11) is 1.08. The normalized spacial score (nSPS) is 21.5. The van der Waals surface area contributed by atoms with Gasteiger partial charge in [-0.05, 0) is 5.41 Å². The van der Waals surface area contributed by atoms with E-state index >= 15 is 0 Å². The summed E-state index contributed by atoms with van der Waals surface area (Å²) in [5, 5.41) is 0. The van der Waals surface area contributed by atoms with E-state index in [0.29, 0.717) is 0 Å². The molecule has 1 fully saturated rings. The predicted molar refractivity (Wildman–Crippen MR) is 73.5 cm³/mol. The molecule has 0 heterocycles. The van der Waals surface area contributed by atoms with Gasteiger partial charge in [0, 0.05) is 13.0 Å². The molecule has 1 saturated carbocycles. The molecule has 2 unspecified atom stereocenters. The zero-order chi connectivity index (χ0) is 19.1. The van der Waals surface area contributed by atoms with Crippen molar-refractivity contribution in [3.8, 4) is 0 Å². The summed E-state index contributed by atoms with van der Waals surface area (Å²) in [6.45, 7) is 1.05. The molecule has 0 radical (unpaired) electrons. The Bertz CT molecular complexity index is 660. The molecule has 1 aromatic carbocycles. The molecule has 140 valence electrons. The fourth-order valence-corrected chi connectivity index (χ4v) is 2.95. The first-order chi connectivity index (χ1) is 11.6. The molecule has 3 nitrogen and oxygen atoms in total. The van der Waals surface area contributed by atoms with E-state index in [1.54, 1.807) is 0 Å². The highest BCUT2D eigenvalue weighted by molar-refractivity contribution is 5.77. The molecule has 1 aromatic rings. The first-order valence-corrected chi connectivity index (χ1v) is 7.33. The molecule has 1 aliphatic rings. The van der Waals surface area contributed by atoms with Crippen molar-refractivity contribution in [1.29, 1.82) is 0 Å². The van der Waals surface area contributed by atoms with Gasteiger partial charge in [-0.15, -0.1) is 0 Å². The second-order valence-electron chi connectivity index (χ2n) is 6.41. The Morgan fingerprint density at radius 1 is 1.00 bits per heavy atom. The van der Waals surface area contributed by atoms with Crippen molar-refractivity contribution < 1.29 is 40.6 Å². The Kier molecular flexibility index (Phi) is 5.36. The second-order valence-corrected chi connectivity index (χ2v) is 6.41. The van der Waals surface area contributed by atoms with Crippen LogP contribution in [0, 0.1) is 40.5 Å². The molecule has 0 spiro atoms. The summed E-state index contributed by atoms with van der Waals surface area (Å²) in [5.74, 6) is -10.3. The van der Waals surface area contributed by atoms with Gasteiger partial charge < -0.3 is 9.47 Å². The summed E-state index contributed by atoms with van der Waals surface area (Å²) in [5.41, 5.74) is -3.09. The maximum Gasteiger partial charge on any atom is 0.310 e. The lowest BCUT2D eigenvalue weighted by molar-refractivity contribution is -0.148. The molecule has 2 rings (SSSR count). The lowest BCUT2D eigenvalue weighted by Crippen LogP contribution is -2.15. The van der Waals surface area contributed by atoms with E-state index in [4.69, 9.17) is 0 Å². The van der Waals surface area contributed by atoms with E-state index in [0.717, 1.165) is 7.11 Å². The Morgan fingerprint density at radius 2 is 1.44 bits per heavy atom. The quantitative estimate of drug-likeness (QED) is 0.432. The minimum atomic E-state index is -2.76. The van der Waals surface area contributed by atoms with Gasteiger partial charge in [0.2, 0.25) is 6.43 Å². The van der Waals surface area contributed by atoms with Crippen LogP contribution in [0.3, 0.4) is 0 Å². The van der Waals surface area contributed by atoms with Gasteiger partial charge in [-0.2, -0.15) is 0 Å². The number of benzene rings is 1. The van der Waals surface area contributed by atoms with Crippen LogP contribution in [0.2, 0.25) is 0 Å². The van der Waals surface area contributed by atoms with Crippen molar-refractivity contribution in [3.63, 3.8) is 0 Å². The predicted octanol–water partition coefficient (Wildman–Crippen LogP) is 3.97. The third kappa shape index (κ3) is 3.33. The van der Waals surface area contributed by atoms with E-state index in [1.807, 2.05) is 0 Å². The molecule has 0 N–H and O–H groups in total. The summed E-state index contributed by atoms with van der Waals surface area (Å²) in [4.78, 5) is 11.9. The SMILES string of the molecule is COCc1c(F)c(F)c(COC(=O)C2C(C(F)F)C2(C)C)c(F)c1F. The van der Waals surface area contributed by atoms with Gasteiger partial charge in [0.25, 0.3) is 0 Å². The molecular weight excluding hydrogens is 354 g/mol. The molecule has 0 bridgehead atoms. The Balaban J connectivity index is 2.18. The van der Waals surface area contributed by atoms with Crippen LogP contribution in [-0.2, 0) is 27.5 Å². The number of carbonyl (C=O) groups excluding carboxylic acids is 1. The third-order valence-electron chi connectivity index (χ3n) is 4.53. The number of esters is 1. The van der Waals surface area contributed by atoms with E-state index in [9.17, 15) is 31.1 Å². The van der Waals surface area contributed by atoms with Gasteiger partial charge in [-0.3, -0.25) is 4.79 Å². The summed E-state index contributed by atoms with van der Waals surface area (Å²) >= 11 is 0. The first-order valence-electron chi connectivity index (χ1n) is 7.33. The molecule has 1 aliphatic carbocycles. The number of alkyl halides is 2. The topological polar surface area (TPSA) is 35.5 Å². The van der Waals surface area contributed by atoms with E-state index in [2.05, 4.69) is 9.47 Å².